The fourth-order valence-corrected chi connectivity index (χ4v) is 4.58. The number of hydrogen-bond donors (Lipinski definition) is 3. The number of H-pyrrole nitrogens is 1. The molecule has 12 heteroatoms. The fraction of sp³-hybridized carbons (Fsp3) is 0.300. The van der Waals surface area contributed by atoms with E-state index in [0.29, 0.717) is 5.75 Å². The highest BCUT2D eigenvalue weighted by molar-refractivity contribution is 7.52. The lowest BCUT2D eigenvalue weighted by atomic mass is 10.1. The second kappa shape index (κ2) is 9.47. The Labute approximate surface area is 183 Å². The van der Waals surface area contributed by atoms with Crippen LogP contribution in [0.1, 0.15) is 41.2 Å². The fourth-order valence-electron chi connectivity index (χ4n) is 3.39. The van der Waals surface area contributed by atoms with Gasteiger partial charge >= 0.3 is 7.60 Å². The molecule has 0 aliphatic rings. The summed E-state index contributed by atoms with van der Waals surface area (Å²) in [4.78, 5) is 54.3. The number of nitrogens with zero attached hydrogens (tertiary/aromatic N) is 4. The molecule has 3 rings (SSSR count). The number of carbonyl (C=O) groups excluding carboxylic acids is 1. The maximum absolute atomic E-state index is 13.4. The molecule has 32 heavy (non-hydrogen) atoms. The maximum atomic E-state index is 13.4. The van der Waals surface area contributed by atoms with Gasteiger partial charge in [0.2, 0.25) is 5.95 Å². The van der Waals surface area contributed by atoms with Crippen LogP contribution < -0.4 is 10.3 Å². The van der Waals surface area contributed by atoms with Crippen LogP contribution in [-0.2, 0) is 11.0 Å². The van der Waals surface area contributed by atoms with E-state index in [2.05, 4.69) is 15.1 Å². The third-order valence-electron chi connectivity index (χ3n) is 4.88. The minimum absolute atomic E-state index is 0.0514. The van der Waals surface area contributed by atoms with E-state index in [1.165, 1.54) is 30.1 Å². The molecule has 2 heterocycles. The molecule has 2 aromatic heterocycles. The lowest BCUT2D eigenvalue weighted by Gasteiger charge is -2.31. The van der Waals surface area contributed by atoms with E-state index in [-0.39, 0.29) is 35.7 Å². The van der Waals surface area contributed by atoms with Gasteiger partial charge < -0.3 is 19.4 Å². The Bertz CT molecular complexity index is 1190. The molecule has 0 fully saturated rings. The summed E-state index contributed by atoms with van der Waals surface area (Å²) < 4.78 is 18.9. The van der Waals surface area contributed by atoms with Gasteiger partial charge in [-0.2, -0.15) is 5.10 Å². The minimum Gasteiger partial charge on any atom is -0.497 e. The number of aromatic nitrogens is 4. The van der Waals surface area contributed by atoms with Gasteiger partial charge in [-0.25, -0.2) is 9.67 Å². The van der Waals surface area contributed by atoms with Crippen LogP contribution in [0.4, 0.5) is 0 Å². The number of aromatic amines is 1. The first-order valence-electron chi connectivity index (χ1n) is 9.84. The predicted molar refractivity (Wildman–Crippen MR) is 116 cm³/mol. The zero-order chi connectivity index (χ0) is 23.5. The van der Waals surface area contributed by atoms with Crippen molar-refractivity contribution in [1.29, 1.82) is 0 Å². The zero-order valence-corrected chi connectivity index (χ0v) is 18.7. The molecule has 3 N–H and O–H groups in total. The summed E-state index contributed by atoms with van der Waals surface area (Å²) >= 11 is 0. The van der Waals surface area contributed by atoms with Gasteiger partial charge in [0.15, 0.2) is 5.78 Å². The molecule has 170 valence electrons. The molecule has 0 spiro atoms. The van der Waals surface area contributed by atoms with E-state index in [1.54, 1.807) is 38.2 Å². The van der Waals surface area contributed by atoms with E-state index >= 15 is 0 Å². The Balaban J connectivity index is 2.09. The maximum Gasteiger partial charge on any atom is 0.352 e. The lowest BCUT2D eigenvalue weighted by molar-refractivity contribution is 0.0718. The summed E-state index contributed by atoms with van der Waals surface area (Å²) in [6.45, 7) is 3.26. The van der Waals surface area contributed by atoms with Crippen molar-refractivity contribution in [2.75, 3.05) is 13.7 Å². The number of rotatable bonds is 8. The van der Waals surface area contributed by atoms with Crippen LogP contribution in [0.3, 0.4) is 0 Å². The summed E-state index contributed by atoms with van der Waals surface area (Å²) in [6, 6.07) is 7.69. The first-order chi connectivity index (χ1) is 15.2. The molecule has 1 unspecified atom stereocenters. The average molecular weight is 461 g/mol. The Morgan fingerprint density at radius 1 is 1.28 bits per heavy atom. The van der Waals surface area contributed by atoms with Crippen LogP contribution >= 0.6 is 7.60 Å². The summed E-state index contributed by atoms with van der Waals surface area (Å²) in [5.74, 6) is -1.77. The summed E-state index contributed by atoms with van der Waals surface area (Å²) in [6.07, 6.45) is 3.36. The molecular weight excluding hydrogens is 437 g/mol. The number of methoxy groups -OCH3 is 1. The molecule has 1 amide bonds. The molecule has 0 saturated carbocycles. The van der Waals surface area contributed by atoms with Crippen LogP contribution in [0.5, 0.6) is 5.75 Å². The average Bonchev–Trinajstić information content (AvgIpc) is 3.30. The highest BCUT2D eigenvalue weighted by atomic mass is 31.2. The van der Waals surface area contributed by atoms with Crippen molar-refractivity contribution in [3.63, 3.8) is 0 Å². The summed E-state index contributed by atoms with van der Waals surface area (Å²) in [5.41, 5.74) is -0.575. The van der Waals surface area contributed by atoms with Crippen molar-refractivity contribution in [2.24, 2.45) is 0 Å². The standard InChI is InChI=1S/C20H24N5O6P/c1-4-15-16(17(26)23-20(22-15)25-12-6-11-21-25)18(27)24(5-2)19(32(28,29)30)13-7-9-14(31-3)10-8-13/h6-12,19H,4-5H2,1-3H3,(H,22,23,26)(H2,28,29,30). The third kappa shape index (κ3) is 4.64. The van der Waals surface area contributed by atoms with Crippen LogP contribution in [0, 0.1) is 0 Å². The molecule has 3 aromatic rings. The van der Waals surface area contributed by atoms with Crippen LogP contribution in [0.25, 0.3) is 5.95 Å². The van der Waals surface area contributed by atoms with Crippen molar-refractivity contribution >= 4 is 13.5 Å². The monoisotopic (exact) mass is 461 g/mol. The number of aryl methyl sites for hydroxylation is 1. The van der Waals surface area contributed by atoms with Gasteiger partial charge in [-0.1, -0.05) is 19.1 Å². The van der Waals surface area contributed by atoms with Gasteiger partial charge in [0, 0.05) is 18.9 Å². The highest BCUT2D eigenvalue weighted by Gasteiger charge is 2.39. The number of ether oxygens (including phenoxy) is 1. The number of benzene rings is 1. The van der Waals surface area contributed by atoms with E-state index in [0.717, 1.165) is 4.90 Å². The van der Waals surface area contributed by atoms with Crippen molar-refractivity contribution in [3.8, 4) is 11.7 Å². The number of carbonyl (C=O) groups is 1. The molecule has 11 nitrogen and oxygen atoms in total. The third-order valence-corrected chi connectivity index (χ3v) is 6.10. The highest BCUT2D eigenvalue weighted by Crippen LogP contribution is 2.54. The second-order valence-corrected chi connectivity index (χ2v) is 8.51. The molecule has 1 aromatic carbocycles. The van der Waals surface area contributed by atoms with E-state index in [9.17, 15) is 23.9 Å². The van der Waals surface area contributed by atoms with Crippen molar-refractivity contribution < 1.29 is 23.9 Å². The second-order valence-electron chi connectivity index (χ2n) is 6.84. The van der Waals surface area contributed by atoms with Crippen LogP contribution in [-0.4, -0.2) is 54.0 Å². The summed E-state index contributed by atoms with van der Waals surface area (Å²) in [7, 11) is -3.37. The van der Waals surface area contributed by atoms with Gasteiger partial charge in [-0.15, -0.1) is 0 Å². The van der Waals surface area contributed by atoms with Gasteiger partial charge in [-0.3, -0.25) is 19.1 Å². The Kier molecular flexibility index (Phi) is 6.93. The number of hydrogen-bond acceptors (Lipinski definition) is 6. The number of amides is 1. The van der Waals surface area contributed by atoms with Crippen molar-refractivity contribution in [1.82, 2.24) is 24.6 Å². The molecule has 0 aliphatic carbocycles. The predicted octanol–water partition coefficient (Wildman–Crippen LogP) is 1.87. The van der Waals surface area contributed by atoms with Gasteiger partial charge in [0.25, 0.3) is 11.5 Å². The Hall–Kier alpha value is -3.27. The quantitative estimate of drug-likeness (QED) is 0.430. The molecule has 0 bridgehead atoms. The smallest absolute Gasteiger partial charge is 0.352 e. The topological polar surface area (TPSA) is 151 Å². The van der Waals surface area contributed by atoms with Gasteiger partial charge in [0.1, 0.15) is 11.3 Å². The summed E-state index contributed by atoms with van der Waals surface area (Å²) in [5, 5.41) is 4.02. The van der Waals surface area contributed by atoms with Crippen LogP contribution in [0.2, 0.25) is 0 Å². The van der Waals surface area contributed by atoms with E-state index < -0.39 is 24.8 Å². The molecule has 0 radical (unpaired) electrons. The van der Waals surface area contributed by atoms with E-state index in [4.69, 9.17) is 4.74 Å². The molecule has 0 aliphatic heterocycles. The first kappa shape index (κ1) is 23.4. The molecular formula is C20H24N5O6P. The molecule has 1 atom stereocenters. The van der Waals surface area contributed by atoms with Crippen molar-refractivity contribution in [2.45, 2.75) is 26.1 Å². The Morgan fingerprint density at radius 2 is 1.97 bits per heavy atom. The van der Waals surface area contributed by atoms with Gasteiger partial charge in [-0.05, 0) is 37.1 Å². The normalized spacial score (nSPS) is 12.4. The zero-order valence-electron chi connectivity index (χ0n) is 17.8. The van der Waals surface area contributed by atoms with Crippen molar-refractivity contribution in [3.05, 3.63) is 69.9 Å². The van der Waals surface area contributed by atoms with Gasteiger partial charge in [0.05, 0.1) is 12.8 Å². The molecule has 0 saturated heterocycles. The minimum atomic E-state index is -4.84. The Morgan fingerprint density at radius 3 is 2.47 bits per heavy atom. The number of nitrogens with one attached hydrogen (secondary N) is 1. The van der Waals surface area contributed by atoms with E-state index in [1.807, 2.05) is 0 Å². The van der Waals surface area contributed by atoms with Crippen LogP contribution in [0.15, 0.2) is 47.5 Å². The largest absolute Gasteiger partial charge is 0.497 e. The lowest BCUT2D eigenvalue weighted by Crippen LogP contribution is -2.39. The first-order valence-corrected chi connectivity index (χ1v) is 11.5. The SMILES string of the molecule is CCc1nc(-n2cccn2)[nH]c(=O)c1C(=O)N(CC)C(c1ccc(OC)cc1)P(=O)(O)O.